The van der Waals surface area contributed by atoms with E-state index in [0.29, 0.717) is 17.2 Å². The number of hydrogen-bond acceptors (Lipinski definition) is 5. The Hall–Kier alpha value is -1.44. The van der Waals surface area contributed by atoms with Gasteiger partial charge in [-0.3, -0.25) is 19.9 Å². The minimum absolute atomic E-state index is 0.209. The van der Waals surface area contributed by atoms with Gasteiger partial charge in [0.1, 0.15) is 0 Å². The molecule has 2 amide bonds. The third-order valence-corrected chi connectivity index (χ3v) is 5.06. The van der Waals surface area contributed by atoms with Crippen molar-refractivity contribution in [2.24, 2.45) is 17.5 Å². The predicted molar refractivity (Wildman–Crippen MR) is 82.5 cm³/mol. The van der Waals surface area contributed by atoms with Crippen molar-refractivity contribution in [3.05, 3.63) is 21.4 Å². The van der Waals surface area contributed by atoms with Crippen molar-refractivity contribution in [1.29, 1.82) is 0 Å². The molecule has 0 radical (unpaired) electrons. The first-order chi connectivity index (χ1) is 9.99. The number of hydrogen-bond donors (Lipinski definition) is 3. The molecule has 1 saturated heterocycles. The Morgan fingerprint density at radius 1 is 1.43 bits per heavy atom. The minimum Gasteiger partial charge on any atom is -0.370 e. The highest BCUT2D eigenvalue weighted by Gasteiger charge is 2.22. The van der Waals surface area contributed by atoms with Gasteiger partial charge in [-0.05, 0) is 50.4 Å². The van der Waals surface area contributed by atoms with Crippen LogP contribution < -0.4 is 17.0 Å². The molecular formula is C14H22N4O2S. The van der Waals surface area contributed by atoms with Crippen LogP contribution in [0.25, 0.3) is 0 Å². The van der Waals surface area contributed by atoms with Crippen LogP contribution in [0.5, 0.6) is 0 Å². The van der Waals surface area contributed by atoms with Crippen molar-refractivity contribution in [3.8, 4) is 0 Å². The highest BCUT2D eigenvalue weighted by atomic mass is 32.1. The number of piperidine rings is 1. The quantitative estimate of drug-likeness (QED) is 0.424. The van der Waals surface area contributed by atoms with Gasteiger partial charge in [0.2, 0.25) is 5.91 Å². The maximum absolute atomic E-state index is 11.5. The molecule has 0 spiro atoms. The van der Waals surface area contributed by atoms with Crippen LogP contribution in [0.15, 0.2) is 6.07 Å². The molecule has 1 fully saturated rings. The number of amides is 2. The van der Waals surface area contributed by atoms with E-state index in [1.54, 1.807) is 0 Å². The smallest absolute Gasteiger partial charge is 0.275 e. The standard InChI is InChI=1S/C14H22N4O2S/c1-9-11(7-12(21-9)14(20)17-16)8-18-4-2-10(3-5-18)6-13(15)19/h7,10H,2-6,8,16H2,1H3,(H2,15,19)(H,17,20). The highest BCUT2D eigenvalue weighted by molar-refractivity contribution is 7.14. The van der Waals surface area contributed by atoms with Gasteiger partial charge >= 0.3 is 0 Å². The summed E-state index contributed by atoms with van der Waals surface area (Å²) in [6, 6.07) is 1.91. The van der Waals surface area contributed by atoms with Crippen molar-refractivity contribution in [2.45, 2.75) is 32.7 Å². The van der Waals surface area contributed by atoms with Crippen LogP contribution in [0, 0.1) is 12.8 Å². The maximum Gasteiger partial charge on any atom is 0.275 e. The zero-order chi connectivity index (χ0) is 15.4. The largest absolute Gasteiger partial charge is 0.370 e. The first-order valence-electron chi connectivity index (χ1n) is 7.10. The van der Waals surface area contributed by atoms with Gasteiger partial charge in [0.25, 0.3) is 5.91 Å². The first-order valence-corrected chi connectivity index (χ1v) is 7.92. The summed E-state index contributed by atoms with van der Waals surface area (Å²) < 4.78 is 0. The molecule has 1 aliphatic heterocycles. The lowest BCUT2D eigenvalue weighted by Crippen LogP contribution is -2.34. The third-order valence-electron chi connectivity index (χ3n) is 3.97. The Morgan fingerprint density at radius 2 is 2.10 bits per heavy atom. The summed E-state index contributed by atoms with van der Waals surface area (Å²) in [5, 5.41) is 0. The summed E-state index contributed by atoms with van der Waals surface area (Å²) in [5.74, 6) is 5.13. The normalized spacial score (nSPS) is 16.9. The molecule has 2 rings (SSSR count). The van der Waals surface area contributed by atoms with Crippen LogP contribution in [-0.2, 0) is 11.3 Å². The molecule has 5 N–H and O–H groups in total. The summed E-state index contributed by atoms with van der Waals surface area (Å²) in [7, 11) is 0. The number of hydrazine groups is 1. The number of primary amides is 1. The molecule has 0 aromatic carbocycles. The molecule has 0 atom stereocenters. The Kier molecular flexibility index (Phi) is 5.33. The Morgan fingerprint density at radius 3 is 2.67 bits per heavy atom. The van der Waals surface area contributed by atoms with Gasteiger partial charge in [0.05, 0.1) is 4.88 Å². The number of likely N-dealkylation sites (tertiary alicyclic amines) is 1. The van der Waals surface area contributed by atoms with Gasteiger partial charge in [-0.1, -0.05) is 0 Å². The SMILES string of the molecule is Cc1sc(C(=O)NN)cc1CN1CCC(CC(N)=O)CC1. The average Bonchev–Trinajstić information content (AvgIpc) is 2.81. The van der Waals surface area contributed by atoms with E-state index < -0.39 is 0 Å². The number of nitrogen functional groups attached to an aromatic ring is 1. The fourth-order valence-corrected chi connectivity index (χ4v) is 3.67. The summed E-state index contributed by atoms with van der Waals surface area (Å²) in [6.07, 6.45) is 2.50. The Balaban J connectivity index is 1.90. The van der Waals surface area contributed by atoms with Crippen molar-refractivity contribution in [2.75, 3.05) is 13.1 Å². The number of carbonyl (C=O) groups is 2. The summed E-state index contributed by atoms with van der Waals surface area (Å²) in [4.78, 5) is 26.6. The van der Waals surface area contributed by atoms with Gasteiger partial charge in [-0.15, -0.1) is 11.3 Å². The molecule has 2 heterocycles. The second-order valence-electron chi connectivity index (χ2n) is 5.56. The van der Waals surface area contributed by atoms with Crippen molar-refractivity contribution < 1.29 is 9.59 Å². The number of nitrogens with two attached hydrogens (primary N) is 2. The lowest BCUT2D eigenvalue weighted by molar-refractivity contribution is -0.119. The second kappa shape index (κ2) is 7.02. The molecule has 116 valence electrons. The fourth-order valence-electron chi connectivity index (χ4n) is 2.73. The molecule has 0 saturated carbocycles. The van der Waals surface area contributed by atoms with Crippen molar-refractivity contribution in [1.82, 2.24) is 10.3 Å². The molecule has 21 heavy (non-hydrogen) atoms. The molecule has 1 aromatic rings. The predicted octanol–water partition coefficient (Wildman–Crippen LogP) is 0.747. The number of rotatable bonds is 5. The third kappa shape index (κ3) is 4.26. The van der Waals surface area contributed by atoms with Crippen LogP contribution >= 0.6 is 11.3 Å². The summed E-state index contributed by atoms with van der Waals surface area (Å²) in [6.45, 7) is 4.79. The fraction of sp³-hybridized carbons (Fsp3) is 0.571. The van der Waals surface area contributed by atoms with E-state index in [-0.39, 0.29) is 11.8 Å². The number of nitrogens with zero attached hydrogens (tertiary/aromatic N) is 1. The van der Waals surface area contributed by atoms with E-state index >= 15 is 0 Å². The van der Waals surface area contributed by atoms with E-state index in [2.05, 4.69) is 10.3 Å². The summed E-state index contributed by atoms with van der Waals surface area (Å²) in [5.41, 5.74) is 8.58. The number of aryl methyl sites for hydroxylation is 1. The first kappa shape index (κ1) is 15.9. The van der Waals surface area contributed by atoms with E-state index in [4.69, 9.17) is 11.6 Å². The van der Waals surface area contributed by atoms with Gasteiger partial charge in [-0.25, -0.2) is 5.84 Å². The Labute approximate surface area is 128 Å². The zero-order valence-electron chi connectivity index (χ0n) is 12.2. The second-order valence-corrected chi connectivity index (χ2v) is 6.81. The van der Waals surface area contributed by atoms with Crippen molar-refractivity contribution in [3.63, 3.8) is 0 Å². The van der Waals surface area contributed by atoms with Crippen LogP contribution in [-0.4, -0.2) is 29.8 Å². The molecule has 7 heteroatoms. The molecule has 1 aromatic heterocycles. The van der Waals surface area contributed by atoms with Crippen LogP contribution in [0.4, 0.5) is 0 Å². The lowest BCUT2D eigenvalue weighted by atomic mass is 9.93. The van der Waals surface area contributed by atoms with Gasteiger partial charge in [-0.2, -0.15) is 0 Å². The number of nitrogens with one attached hydrogen (secondary N) is 1. The monoisotopic (exact) mass is 310 g/mol. The molecular weight excluding hydrogens is 288 g/mol. The van der Waals surface area contributed by atoms with Crippen molar-refractivity contribution >= 4 is 23.2 Å². The Bertz CT molecular complexity index is 521. The topological polar surface area (TPSA) is 101 Å². The summed E-state index contributed by atoms with van der Waals surface area (Å²) >= 11 is 1.46. The van der Waals surface area contributed by atoms with E-state index in [9.17, 15) is 9.59 Å². The maximum atomic E-state index is 11.5. The number of carbonyl (C=O) groups excluding carboxylic acids is 2. The lowest BCUT2D eigenvalue weighted by Gasteiger charge is -2.31. The van der Waals surface area contributed by atoms with E-state index in [0.717, 1.165) is 37.4 Å². The van der Waals surface area contributed by atoms with E-state index in [1.807, 2.05) is 13.0 Å². The molecule has 0 bridgehead atoms. The zero-order valence-corrected chi connectivity index (χ0v) is 13.0. The molecule has 6 nitrogen and oxygen atoms in total. The van der Waals surface area contributed by atoms with Gasteiger partial charge in [0, 0.05) is 17.8 Å². The molecule has 1 aliphatic rings. The van der Waals surface area contributed by atoms with Gasteiger partial charge < -0.3 is 5.73 Å². The minimum atomic E-state index is -0.241. The molecule has 0 unspecified atom stereocenters. The van der Waals surface area contributed by atoms with E-state index in [1.165, 1.54) is 16.9 Å². The average molecular weight is 310 g/mol. The van der Waals surface area contributed by atoms with Crippen LogP contribution in [0.2, 0.25) is 0 Å². The van der Waals surface area contributed by atoms with Crippen LogP contribution in [0.3, 0.4) is 0 Å². The van der Waals surface area contributed by atoms with Crippen LogP contribution in [0.1, 0.15) is 39.4 Å². The number of thiophene rings is 1. The van der Waals surface area contributed by atoms with Gasteiger partial charge in [0.15, 0.2) is 0 Å². The highest BCUT2D eigenvalue weighted by Crippen LogP contribution is 2.26. The molecule has 0 aliphatic carbocycles.